The lowest BCUT2D eigenvalue weighted by atomic mass is 9.96. The van der Waals surface area contributed by atoms with Gasteiger partial charge in [0, 0.05) is 6.04 Å². The molecule has 18 heavy (non-hydrogen) atoms. The molecular weight excluding hydrogens is 242 g/mol. The summed E-state index contributed by atoms with van der Waals surface area (Å²) in [5, 5.41) is 7.15. The van der Waals surface area contributed by atoms with E-state index in [0.29, 0.717) is 6.04 Å². The minimum atomic E-state index is 0.648. The maximum absolute atomic E-state index is 5.43. The van der Waals surface area contributed by atoms with Crippen LogP contribution in [0.25, 0.3) is 10.1 Å². The molecule has 1 aromatic heterocycles. The summed E-state index contributed by atoms with van der Waals surface area (Å²) < 4.78 is 6.71. The molecule has 2 aromatic rings. The zero-order valence-electron chi connectivity index (χ0n) is 10.7. The Labute approximate surface area is 112 Å². The molecule has 0 spiro atoms. The van der Waals surface area contributed by atoms with Crippen LogP contribution in [0.2, 0.25) is 0 Å². The van der Waals surface area contributed by atoms with Crippen LogP contribution < -0.4 is 10.1 Å². The molecule has 0 radical (unpaired) electrons. The zero-order chi connectivity index (χ0) is 12.4. The Morgan fingerprint density at radius 2 is 2.28 bits per heavy atom. The summed E-state index contributed by atoms with van der Waals surface area (Å²) in [5.41, 5.74) is 1.45. The van der Waals surface area contributed by atoms with Crippen LogP contribution in [0.5, 0.6) is 5.75 Å². The summed E-state index contributed by atoms with van der Waals surface area (Å²) in [6, 6.07) is 7.21. The van der Waals surface area contributed by atoms with Gasteiger partial charge in [-0.3, -0.25) is 0 Å². The number of hydrogen-bond acceptors (Lipinski definition) is 3. The van der Waals surface area contributed by atoms with Crippen LogP contribution in [0.1, 0.15) is 24.8 Å². The molecule has 1 saturated heterocycles. The Balaban J connectivity index is 1.89. The number of thiophene rings is 1. The molecule has 1 fully saturated rings. The van der Waals surface area contributed by atoms with Gasteiger partial charge in [0.05, 0.1) is 11.8 Å². The molecule has 0 aliphatic carbocycles. The molecule has 96 valence electrons. The van der Waals surface area contributed by atoms with Crippen molar-refractivity contribution in [1.29, 1.82) is 0 Å². The van der Waals surface area contributed by atoms with Crippen LogP contribution in [-0.2, 0) is 6.42 Å². The van der Waals surface area contributed by atoms with E-state index in [1.54, 1.807) is 18.4 Å². The highest BCUT2D eigenvalue weighted by molar-refractivity contribution is 7.17. The Bertz CT molecular complexity index is 528. The van der Waals surface area contributed by atoms with Crippen molar-refractivity contribution >= 4 is 21.4 Å². The van der Waals surface area contributed by atoms with E-state index in [0.717, 1.165) is 12.2 Å². The summed E-state index contributed by atoms with van der Waals surface area (Å²) in [5.74, 6) is 1.00. The molecule has 2 heterocycles. The molecule has 0 amide bonds. The van der Waals surface area contributed by atoms with Crippen molar-refractivity contribution < 1.29 is 4.74 Å². The second-order valence-electron chi connectivity index (χ2n) is 4.94. The molecule has 1 aliphatic heterocycles. The predicted octanol–water partition coefficient (Wildman–Crippen LogP) is 3.59. The number of ether oxygens (including phenoxy) is 1. The second kappa shape index (κ2) is 5.29. The van der Waals surface area contributed by atoms with Gasteiger partial charge >= 0.3 is 0 Å². The van der Waals surface area contributed by atoms with Crippen molar-refractivity contribution in [3.8, 4) is 5.75 Å². The van der Waals surface area contributed by atoms with Gasteiger partial charge in [0.2, 0.25) is 0 Å². The normalized spacial score (nSPS) is 20.2. The van der Waals surface area contributed by atoms with E-state index in [1.807, 2.05) is 0 Å². The predicted molar refractivity (Wildman–Crippen MR) is 77.7 cm³/mol. The fourth-order valence-corrected chi connectivity index (χ4v) is 3.73. The van der Waals surface area contributed by atoms with E-state index >= 15 is 0 Å². The van der Waals surface area contributed by atoms with Crippen molar-refractivity contribution in [1.82, 2.24) is 5.32 Å². The minimum absolute atomic E-state index is 0.648. The van der Waals surface area contributed by atoms with Crippen LogP contribution >= 0.6 is 11.3 Å². The summed E-state index contributed by atoms with van der Waals surface area (Å²) >= 11 is 1.77. The van der Waals surface area contributed by atoms with Gasteiger partial charge in [-0.25, -0.2) is 0 Å². The molecule has 1 unspecified atom stereocenters. The SMILES string of the molecule is COc1ccc(CC2CCCCN2)c2ccsc12. The lowest BCUT2D eigenvalue weighted by Gasteiger charge is -2.23. The van der Waals surface area contributed by atoms with E-state index in [-0.39, 0.29) is 0 Å². The lowest BCUT2D eigenvalue weighted by molar-refractivity contribution is 0.399. The third kappa shape index (κ3) is 2.25. The molecule has 3 heteroatoms. The number of piperidine rings is 1. The van der Waals surface area contributed by atoms with Crippen LogP contribution in [-0.4, -0.2) is 19.7 Å². The average Bonchev–Trinajstić information content (AvgIpc) is 2.90. The van der Waals surface area contributed by atoms with Crippen LogP contribution in [0.3, 0.4) is 0 Å². The highest BCUT2D eigenvalue weighted by Gasteiger charge is 2.15. The quantitative estimate of drug-likeness (QED) is 0.911. The van der Waals surface area contributed by atoms with Gasteiger partial charge in [0.15, 0.2) is 0 Å². The zero-order valence-corrected chi connectivity index (χ0v) is 11.6. The molecule has 1 aliphatic rings. The fourth-order valence-electron chi connectivity index (χ4n) is 2.80. The summed E-state index contributed by atoms with van der Waals surface area (Å²) in [6.45, 7) is 1.17. The fraction of sp³-hybridized carbons (Fsp3) is 0.467. The first-order valence-electron chi connectivity index (χ1n) is 6.65. The maximum Gasteiger partial charge on any atom is 0.136 e. The highest BCUT2D eigenvalue weighted by atomic mass is 32.1. The van der Waals surface area contributed by atoms with Crippen molar-refractivity contribution in [3.63, 3.8) is 0 Å². The van der Waals surface area contributed by atoms with Crippen molar-refractivity contribution in [2.24, 2.45) is 0 Å². The molecule has 1 atom stereocenters. The molecule has 2 nitrogen and oxygen atoms in total. The third-order valence-corrected chi connectivity index (χ3v) is 4.70. The van der Waals surface area contributed by atoms with E-state index < -0.39 is 0 Å². The maximum atomic E-state index is 5.43. The second-order valence-corrected chi connectivity index (χ2v) is 5.86. The number of rotatable bonds is 3. The molecule has 3 rings (SSSR count). The molecule has 1 aromatic carbocycles. The van der Waals surface area contributed by atoms with E-state index in [4.69, 9.17) is 4.74 Å². The Hall–Kier alpha value is -1.06. The standard InChI is InChI=1S/C15H19NOS/c1-17-14-6-5-11(13-7-9-18-15(13)14)10-12-4-2-3-8-16-12/h5-7,9,12,16H,2-4,8,10H2,1H3. The lowest BCUT2D eigenvalue weighted by Crippen LogP contribution is -2.35. The monoisotopic (exact) mass is 261 g/mol. The largest absolute Gasteiger partial charge is 0.495 e. The number of nitrogens with one attached hydrogen (secondary N) is 1. The molecule has 0 saturated carbocycles. The van der Waals surface area contributed by atoms with Gasteiger partial charge in [-0.1, -0.05) is 12.5 Å². The highest BCUT2D eigenvalue weighted by Crippen LogP contribution is 2.33. The van der Waals surface area contributed by atoms with Gasteiger partial charge in [0.1, 0.15) is 5.75 Å². The van der Waals surface area contributed by atoms with Crippen molar-refractivity contribution in [2.45, 2.75) is 31.7 Å². The van der Waals surface area contributed by atoms with Gasteiger partial charge in [-0.15, -0.1) is 11.3 Å². The number of benzene rings is 1. The van der Waals surface area contributed by atoms with Crippen LogP contribution in [0.15, 0.2) is 23.6 Å². The first kappa shape index (κ1) is 12.0. The van der Waals surface area contributed by atoms with Gasteiger partial charge in [-0.05, 0) is 54.3 Å². The third-order valence-electron chi connectivity index (χ3n) is 3.77. The van der Waals surface area contributed by atoms with E-state index in [1.165, 1.54) is 41.5 Å². The topological polar surface area (TPSA) is 21.3 Å². The first-order chi connectivity index (χ1) is 8.88. The summed E-state index contributed by atoms with van der Waals surface area (Å²) in [7, 11) is 1.75. The van der Waals surface area contributed by atoms with E-state index in [9.17, 15) is 0 Å². The average molecular weight is 261 g/mol. The van der Waals surface area contributed by atoms with Crippen molar-refractivity contribution in [3.05, 3.63) is 29.1 Å². The number of hydrogen-bond donors (Lipinski definition) is 1. The van der Waals surface area contributed by atoms with E-state index in [2.05, 4.69) is 28.9 Å². The minimum Gasteiger partial charge on any atom is -0.495 e. The summed E-state index contributed by atoms with van der Waals surface area (Å²) in [4.78, 5) is 0. The smallest absolute Gasteiger partial charge is 0.136 e. The Kier molecular flexibility index (Phi) is 3.52. The molecular formula is C15H19NOS. The Morgan fingerprint density at radius 3 is 3.06 bits per heavy atom. The summed E-state index contributed by atoms with van der Waals surface area (Å²) in [6.07, 6.45) is 5.13. The number of fused-ring (bicyclic) bond motifs is 1. The van der Waals surface area contributed by atoms with Crippen LogP contribution in [0.4, 0.5) is 0 Å². The number of methoxy groups -OCH3 is 1. The Morgan fingerprint density at radius 1 is 1.33 bits per heavy atom. The van der Waals surface area contributed by atoms with Gasteiger partial charge in [0.25, 0.3) is 0 Å². The molecule has 1 N–H and O–H groups in total. The first-order valence-corrected chi connectivity index (χ1v) is 7.53. The van der Waals surface area contributed by atoms with Gasteiger partial charge < -0.3 is 10.1 Å². The van der Waals surface area contributed by atoms with Crippen molar-refractivity contribution in [2.75, 3.05) is 13.7 Å². The van der Waals surface area contributed by atoms with Gasteiger partial charge in [-0.2, -0.15) is 0 Å². The molecule has 0 bridgehead atoms. The van der Waals surface area contributed by atoms with Crippen LogP contribution in [0, 0.1) is 0 Å².